The normalized spacial score (nSPS) is 15.9. The number of hydrogen-bond acceptors (Lipinski definition) is 4. The van der Waals surface area contributed by atoms with Crippen LogP contribution in [0.5, 0.6) is 0 Å². The Morgan fingerprint density at radius 1 is 1.18 bits per heavy atom. The summed E-state index contributed by atoms with van der Waals surface area (Å²) in [6.45, 7) is 11.5. The Bertz CT molecular complexity index is 699. The van der Waals surface area contributed by atoms with Gasteiger partial charge in [0.15, 0.2) is 5.13 Å². The van der Waals surface area contributed by atoms with E-state index in [9.17, 15) is 4.79 Å². The average Bonchev–Trinajstić information content (AvgIpc) is 2.90. The van der Waals surface area contributed by atoms with Gasteiger partial charge in [-0.1, -0.05) is 31.3 Å². The van der Waals surface area contributed by atoms with Crippen LogP contribution < -0.4 is 4.90 Å². The number of hydrogen-bond donors (Lipinski definition) is 0. The molecule has 0 unspecified atom stereocenters. The first-order valence-corrected chi connectivity index (χ1v) is 8.69. The van der Waals surface area contributed by atoms with Gasteiger partial charge >= 0.3 is 0 Å². The van der Waals surface area contributed by atoms with E-state index >= 15 is 0 Å². The molecule has 3 rings (SSSR count). The number of aryl methyl sites for hydroxylation is 2. The molecular formula is C17H23N3OS. The summed E-state index contributed by atoms with van der Waals surface area (Å²) < 4.78 is 1.26. The van der Waals surface area contributed by atoms with Crippen molar-refractivity contribution < 1.29 is 4.79 Å². The molecule has 1 aromatic carbocycles. The van der Waals surface area contributed by atoms with Gasteiger partial charge in [-0.05, 0) is 31.0 Å². The zero-order chi connectivity index (χ0) is 15.9. The Morgan fingerprint density at radius 3 is 2.50 bits per heavy atom. The number of benzene rings is 1. The molecule has 1 aliphatic rings. The van der Waals surface area contributed by atoms with Crippen molar-refractivity contribution in [1.82, 2.24) is 9.88 Å². The minimum Gasteiger partial charge on any atom is -0.345 e. The smallest absolute Gasteiger partial charge is 0.225 e. The van der Waals surface area contributed by atoms with Crippen molar-refractivity contribution in [2.75, 3.05) is 31.1 Å². The van der Waals surface area contributed by atoms with Gasteiger partial charge in [0.2, 0.25) is 5.91 Å². The number of nitrogens with zero attached hydrogens (tertiary/aromatic N) is 3. The number of aromatic nitrogens is 1. The molecule has 1 saturated heterocycles. The van der Waals surface area contributed by atoms with E-state index < -0.39 is 0 Å². The van der Waals surface area contributed by atoms with Gasteiger partial charge in [0, 0.05) is 32.1 Å². The summed E-state index contributed by atoms with van der Waals surface area (Å²) in [5.41, 5.74) is 3.64. The van der Waals surface area contributed by atoms with Gasteiger partial charge in [-0.25, -0.2) is 4.98 Å². The van der Waals surface area contributed by atoms with E-state index in [0.29, 0.717) is 0 Å². The van der Waals surface area contributed by atoms with E-state index in [1.165, 1.54) is 15.8 Å². The molecule has 5 heteroatoms. The second kappa shape index (κ2) is 5.88. The van der Waals surface area contributed by atoms with Crippen LogP contribution in [0.25, 0.3) is 10.2 Å². The van der Waals surface area contributed by atoms with Crippen LogP contribution in [-0.2, 0) is 4.79 Å². The molecule has 0 aliphatic carbocycles. The highest BCUT2D eigenvalue weighted by Crippen LogP contribution is 2.32. The van der Waals surface area contributed by atoms with Gasteiger partial charge < -0.3 is 9.80 Å². The first-order valence-electron chi connectivity index (χ1n) is 7.87. The maximum atomic E-state index is 12.1. The SMILES string of the molecule is Cc1cc(C)c2nc(N3CCN(C(=O)C(C)C)CC3)sc2c1. The average molecular weight is 317 g/mol. The largest absolute Gasteiger partial charge is 0.345 e. The maximum absolute atomic E-state index is 12.1. The predicted molar refractivity (Wildman–Crippen MR) is 92.7 cm³/mol. The van der Waals surface area contributed by atoms with E-state index in [-0.39, 0.29) is 11.8 Å². The van der Waals surface area contributed by atoms with Gasteiger partial charge in [0.25, 0.3) is 0 Å². The fourth-order valence-corrected chi connectivity index (χ4v) is 4.17. The minimum atomic E-state index is 0.0830. The van der Waals surface area contributed by atoms with Crippen molar-refractivity contribution in [3.63, 3.8) is 0 Å². The van der Waals surface area contributed by atoms with Crippen LogP contribution in [0.15, 0.2) is 12.1 Å². The van der Waals surface area contributed by atoms with Crippen LogP contribution in [-0.4, -0.2) is 42.0 Å². The van der Waals surface area contributed by atoms with Crippen molar-refractivity contribution in [2.45, 2.75) is 27.7 Å². The summed E-state index contributed by atoms with van der Waals surface area (Å²) in [6, 6.07) is 4.40. The molecule has 2 heterocycles. The zero-order valence-electron chi connectivity index (χ0n) is 13.7. The second-order valence-corrected chi connectivity index (χ2v) is 7.40. The van der Waals surface area contributed by atoms with Gasteiger partial charge in [0.1, 0.15) is 0 Å². The van der Waals surface area contributed by atoms with Crippen LogP contribution in [0.4, 0.5) is 5.13 Å². The Morgan fingerprint density at radius 2 is 1.86 bits per heavy atom. The third kappa shape index (κ3) is 2.82. The van der Waals surface area contributed by atoms with E-state index in [0.717, 1.165) is 36.8 Å². The standard InChI is InChI=1S/C17H23N3OS/c1-11(2)16(21)19-5-7-20(8-6-19)17-18-15-13(4)9-12(3)10-14(15)22-17/h9-11H,5-8H2,1-4H3. The minimum absolute atomic E-state index is 0.0830. The first kappa shape index (κ1) is 15.3. The molecule has 1 aromatic heterocycles. The highest BCUT2D eigenvalue weighted by Gasteiger charge is 2.24. The molecule has 2 aromatic rings. The first-order chi connectivity index (χ1) is 10.5. The molecule has 0 N–H and O–H groups in total. The highest BCUT2D eigenvalue weighted by molar-refractivity contribution is 7.22. The van der Waals surface area contributed by atoms with Crippen LogP contribution in [0.3, 0.4) is 0 Å². The lowest BCUT2D eigenvalue weighted by Crippen LogP contribution is -2.49. The molecule has 0 bridgehead atoms. The predicted octanol–water partition coefficient (Wildman–Crippen LogP) is 3.22. The summed E-state index contributed by atoms with van der Waals surface area (Å²) in [5.74, 6) is 0.343. The number of piperazine rings is 1. The maximum Gasteiger partial charge on any atom is 0.225 e. The van der Waals surface area contributed by atoms with Gasteiger partial charge in [0.05, 0.1) is 10.2 Å². The molecular weight excluding hydrogens is 294 g/mol. The van der Waals surface area contributed by atoms with E-state index in [4.69, 9.17) is 4.98 Å². The van der Waals surface area contributed by atoms with Crippen molar-refractivity contribution >= 4 is 32.6 Å². The molecule has 0 atom stereocenters. The molecule has 22 heavy (non-hydrogen) atoms. The number of rotatable bonds is 2. The highest BCUT2D eigenvalue weighted by atomic mass is 32.1. The Balaban J connectivity index is 1.77. The monoisotopic (exact) mass is 317 g/mol. The van der Waals surface area contributed by atoms with Gasteiger partial charge in [-0.2, -0.15) is 0 Å². The quantitative estimate of drug-likeness (QED) is 0.853. The fourth-order valence-electron chi connectivity index (χ4n) is 2.98. The number of amides is 1. The van der Waals surface area contributed by atoms with Crippen molar-refractivity contribution in [3.8, 4) is 0 Å². The number of carbonyl (C=O) groups is 1. The number of carbonyl (C=O) groups excluding carboxylic acids is 1. The third-order valence-electron chi connectivity index (χ3n) is 4.17. The molecule has 1 aliphatic heterocycles. The molecule has 4 nitrogen and oxygen atoms in total. The summed E-state index contributed by atoms with van der Waals surface area (Å²) >= 11 is 1.76. The van der Waals surface area contributed by atoms with Crippen molar-refractivity contribution in [1.29, 1.82) is 0 Å². The van der Waals surface area contributed by atoms with Crippen molar-refractivity contribution in [3.05, 3.63) is 23.3 Å². The zero-order valence-corrected chi connectivity index (χ0v) is 14.5. The molecule has 0 radical (unpaired) electrons. The van der Waals surface area contributed by atoms with E-state index in [1.54, 1.807) is 11.3 Å². The molecule has 1 amide bonds. The van der Waals surface area contributed by atoms with Gasteiger partial charge in [-0.3, -0.25) is 4.79 Å². The Labute approximate surface area is 135 Å². The summed E-state index contributed by atoms with van der Waals surface area (Å²) in [4.78, 5) is 21.2. The fraction of sp³-hybridized carbons (Fsp3) is 0.529. The number of thiazole rings is 1. The lowest BCUT2D eigenvalue weighted by Gasteiger charge is -2.35. The summed E-state index contributed by atoms with van der Waals surface area (Å²) in [5, 5.41) is 1.08. The molecule has 0 saturated carbocycles. The second-order valence-electron chi connectivity index (χ2n) is 6.39. The van der Waals surface area contributed by atoms with Crippen LogP contribution in [0.1, 0.15) is 25.0 Å². The topological polar surface area (TPSA) is 36.4 Å². The molecule has 1 fully saturated rings. The van der Waals surface area contributed by atoms with Crippen LogP contribution >= 0.6 is 11.3 Å². The van der Waals surface area contributed by atoms with Gasteiger partial charge in [-0.15, -0.1) is 0 Å². The lowest BCUT2D eigenvalue weighted by molar-refractivity contribution is -0.134. The van der Waals surface area contributed by atoms with Crippen LogP contribution in [0.2, 0.25) is 0 Å². The molecule has 118 valence electrons. The summed E-state index contributed by atoms with van der Waals surface area (Å²) in [7, 11) is 0. The lowest BCUT2D eigenvalue weighted by atomic mass is 10.1. The Kier molecular flexibility index (Phi) is 4.08. The van der Waals surface area contributed by atoms with E-state index in [2.05, 4.69) is 30.9 Å². The molecule has 0 spiro atoms. The van der Waals surface area contributed by atoms with Crippen molar-refractivity contribution in [2.24, 2.45) is 5.92 Å². The number of fused-ring (bicyclic) bond motifs is 1. The number of anilines is 1. The van der Waals surface area contributed by atoms with Crippen LogP contribution in [0, 0.1) is 19.8 Å². The Hall–Kier alpha value is -1.62. The summed E-state index contributed by atoms with van der Waals surface area (Å²) in [6.07, 6.45) is 0. The van der Waals surface area contributed by atoms with E-state index in [1.807, 2.05) is 18.7 Å². The third-order valence-corrected chi connectivity index (χ3v) is 5.24.